The van der Waals surface area contributed by atoms with Gasteiger partial charge in [-0.2, -0.15) is 0 Å². The first-order chi connectivity index (χ1) is 7.14. The van der Waals surface area contributed by atoms with Crippen molar-refractivity contribution in [3.05, 3.63) is 0 Å². The van der Waals surface area contributed by atoms with Crippen LogP contribution in [0.2, 0.25) is 0 Å². The average molecular weight is 225 g/mol. The summed E-state index contributed by atoms with van der Waals surface area (Å²) in [6, 6.07) is 0.327. The summed E-state index contributed by atoms with van der Waals surface area (Å²) in [5, 5.41) is 0. The predicted octanol–water partition coefficient (Wildman–Crippen LogP) is 3.46. The Labute approximate surface area is 100 Å². The summed E-state index contributed by atoms with van der Waals surface area (Å²) in [6.07, 6.45) is 2.97. The van der Waals surface area contributed by atoms with E-state index in [2.05, 4.69) is 46.4 Å². The first-order valence-corrected chi connectivity index (χ1v) is 6.43. The maximum absolute atomic E-state index is 12.1. The molecule has 1 fully saturated rings. The van der Waals surface area contributed by atoms with E-state index < -0.39 is 0 Å². The third-order valence-electron chi connectivity index (χ3n) is 3.31. The highest BCUT2D eigenvalue weighted by atomic mass is 16.2. The van der Waals surface area contributed by atoms with Gasteiger partial charge < -0.3 is 4.90 Å². The minimum Gasteiger partial charge on any atom is -0.339 e. The number of likely N-dealkylation sites (tertiary alicyclic amines) is 1. The van der Waals surface area contributed by atoms with E-state index in [-0.39, 0.29) is 10.8 Å². The molecule has 2 heteroatoms. The van der Waals surface area contributed by atoms with Crippen molar-refractivity contribution < 1.29 is 4.79 Å². The Hall–Kier alpha value is -0.530. The molecule has 2 nitrogen and oxygen atoms in total. The van der Waals surface area contributed by atoms with Gasteiger partial charge in [-0.3, -0.25) is 4.79 Å². The Morgan fingerprint density at radius 3 is 1.88 bits per heavy atom. The molecular formula is C14H27NO. The van der Waals surface area contributed by atoms with Crippen LogP contribution in [0.4, 0.5) is 0 Å². The summed E-state index contributed by atoms with van der Waals surface area (Å²) in [4.78, 5) is 14.2. The standard InChI is InChI=1S/C14H27NO/c1-13(2,3)12(14(4,5)6)15-10-8-7-9-11(15)16/h12H,7-10H2,1-6H3. The van der Waals surface area contributed by atoms with Crippen LogP contribution >= 0.6 is 0 Å². The lowest BCUT2D eigenvalue weighted by molar-refractivity contribution is -0.142. The van der Waals surface area contributed by atoms with Crippen LogP contribution in [0, 0.1) is 10.8 Å². The van der Waals surface area contributed by atoms with E-state index in [9.17, 15) is 4.79 Å². The van der Waals surface area contributed by atoms with Gasteiger partial charge >= 0.3 is 0 Å². The molecule has 1 aliphatic rings. The van der Waals surface area contributed by atoms with Crippen molar-refractivity contribution in [1.82, 2.24) is 4.90 Å². The molecule has 0 aliphatic carbocycles. The van der Waals surface area contributed by atoms with Crippen molar-refractivity contribution >= 4 is 5.91 Å². The Morgan fingerprint density at radius 1 is 1.00 bits per heavy atom. The van der Waals surface area contributed by atoms with E-state index in [1.807, 2.05) is 0 Å². The number of piperidine rings is 1. The van der Waals surface area contributed by atoms with Crippen molar-refractivity contribution in [1.29, 1.82) is 0 Å². The molecule has 0 spiro atoms. The summed E-state index contributed by atoms with van der Waals surface area (Å²) in [5.74, 6) is 0.348. The van der Waals surface area contributed by atoms with Crippen LogP contribution in [-0.2, 0) is 4.79 Å². The molecule has 1 rings (SSSR count). The van der Waals surface area contributed by atoms with Crippen molar-refractivity contribution in [2.75, 3.05) is 6.54 Å². The highest BCUT2D eigenvalue weighted by Gasteiger charge is 2.41. The SMILES string of the molecule is CC(C)(C)C(N1CCCCC1=O)C(C)(C)C. The Bertz CT molecular complexity index is 243. The zero-order valence-corrected chi connectivity index (χ0v) is 11.8. The molecule has 0 N–H and O–H groups in total. The summed E-state index contributed by atoms with van der Waals surface area (Å²) >= 11 is 0. The van der Waals surface area contributed by atoms with Crippen LogP contribution in [0.1, 0.15) is 60.8 Å². The highest BCUT2D eigenvalue weighted by molar-refractivity contribution is 5.77. The Balaban J connectivity index is 2.97. The van der Waals surface area contributed by atoms with E-state index in [4.69, 9.17) is 0 Å². The second-order valence-electron chi connectivity index (χ2n) is 7.18. The number of hydrogen-bond donors (Lipinski definition) is 0. The van der Waals surface area contributed by atoms with Gasteiger partial charge in [-0.15, -0.1) is 0 Å². The summed E-state index contributed by atoms with van der Waals surface area (Å²) in [7, 11) is 0. The Morgan fingerprint density at radius 2 is 1.50 bits per heavy atom. The third kappa shape index (κ3) is 2.99. The average Bonchev–Trinajstić information content (AvgIpc) is 2.03. The molecule has 1 amide bonds. The Kier molecular flexibility index (Phi) is 3.71. The highest BCUT2D eigenvalue weighted by Crippen LogP contribution is 2.38. The molecule has 0 aromatic carbocycles. The summed E-state index contributed by atoms with van der Waals surface area (Å²) in [5.41, 5.74) is 0.288. The van der Waals surface area contributed by atoms with Crippen molar-refractivity contribution in [2.45, 2.75) is 66.8 Å². The van der Waals surface area contributed by atoms with Gasteiger partial charge in [0, 0.05) is 19.0 Å². The minimum absolute atomic E-state index is 0.144. The van der Waals surface area contributed by atoms with Crippen molar-refractivity contribution in [3.63, 3.8) is 0 Å². The van der Waals surface area contributed by atoms with Gasteiger partial charge in [-0.1, -0.05) is 41.5 Å². The van der Waals surface area contributed by atoms with E-state index in [1.54, 1.807) is 0 Å². The lowest BCUT2D eigenvalue weighted by Crippen LogP contribution is -2.55. The van der Waals surface area contributed by atoms with Gasteiger partial charge in [0.1, 0.15) is 0 Å². The molecule has 0 bridgehead atoms. The van der Waals surface area contributed by atoms with Crippen LogP contribution in [0.5, 0.6) is 0 Å². The quantitative estimate of drug-likeness (QED) is 0.669. The van der Waals surface area contributed by atoms with Crippen molar-refractivity contribution in [3.8, 4) is 0 Å². The fourth-order valence-corrected chi connectivity index (χ4v) is 3.33. The molecule has 1 aliphatic heterocycles. The third-order valence-corrected chi connectivity index (χ3v) is 3.31. The largest absolute Gasteiger partial charge is 0.339 e. The van der Waals surface area contributed by atoms with Crippen molar-refractivity contribution in [2.24, 2.45) is 10.8 Å². The normalized spacial score (nSPS) is 19.4. The summed E-state index contributed by atoms with van der Waals surface area (Å²) < 4.78 is 0. The first-order valence-electron chi connectivity index (χ1n) is 6.43. The zero-order valence-electron chi connectivity index (χ0n) is 11.8. The zero-order chi connectivity index (χ0) is 12.6. The molecule has 16 heavy (non-hydrogen) atoms. The lowest BCUT2D eigenvalue weighted by atomic mass is 9.70. The van der Waals surface area contributed by atoms with Gasteiger partial charge in [0.15, 0.2) is 0 Å². The monoisotopic (exact) mass is 225 g/mol. The van der Waals surface area contributed by atoms with Gasteiger partial charge in [-0.05, 0) is 23.7 Å². The lowest BCUT2D eigenvalue weighted by Gasteiger charge is -2.49. The van der Waals surface area contributed by atoms with Gasteiger partial charge in [0.25, 0.3) is 0 Å². The van der Waals surface area contributed by atoms with Crippen LogP contribution < -0.4 is 0 Å². The first kappa shape index (κ1) is 13.5. The molecule has 1 heterocycles. The molecule has 0 aromatic rings. The smallest absolute Gasteiger partial charge is 0.222 e. The van der Waals surface area contributed by atoms with Gasteiger partial charge in [-0.25, -0.2) is 0 Å². The number of carbonyl (C=O) groups excluding carboxylic acids is 1. The van der Waals surface area contributed by atoms with E-state index in [1.165, 1.54) is 0 Å². The molecule has 0 aromatic heterocycles. The molecule has 94 valence electrons. The molecular weight excluding hydrogens is 198 g/mol. The fraction of sp³-hybridized carbons (Fsp3) is 0.929. The van der Waals surface area contributed by atoms with Crippen LogP contribution in [0.25, 0.3) is 0 Å². The molecule has 0 atom stereocenters. The molecule has 0 saturated carbocycles. The number of nitrogens with zero attached hydrogens (tertiary/aromatic N) is 1. The number of carbonyl (C=O) groups is 1. The number of rotatable bonds is 1. The second-order valence-corrected chi connectivity index (χ2v) is 7.18. The van der Waals surface area contributed by atoms with E-state index in [0.29, 0.717) is 11.9 Å². The van der Waals surface area contributed by atoms with E-state index >= 15 is 0 Å². The topological polar surface area (TPSA) is 20.3 Å². The van der Waals surface area contributed by atoms with Gasteiger partial charge in [0.2, 0.25) is 5.91 Å². The van der Waals surface area contributed by atoms with Gasteiger partial charge in [0.05, 0.1) is 0 Å². The fourth-order valence-electron chi connectivity index (χ4n) is 3.33. The number of hydrogen-bond acceptors (Lipinski definition) is 1. The maximum atomic E-state index is 12.1. The predicted molar refractivity (Wildman–Crippen MR) is 68.3 cm³/mol. The summed E-state index contributed by atoms with van der Waals surface area (Å²) in [6.45, 7) is 14.4. The van der Waals surface area contributed by atoms with Crippen LogP contribution in [0.15, 0.2) is 0 Å². The molecule has 0 unspecified atom stereocenters. The minimum atomic E-state index is 0.144. The number of amides is 1. The molecule has 1 saturated heterocycles. The maximum Gasteiger partial charge on any atom is 0.222 e. The molecule has 0 radical (unpaired) electrons. The van der Waals surface area contributed by atoms with Crippen LogP contribution in [-0.4, -0.2) is 23.4 Å². The van der Waals surface area contributed by atoms with Crippen LogP contribution in [0.3, 0.4) is 0 Å². The second kappa shape index (κ2) is 4.38. The van der Waals surface area contributed by atoms with E-state index in [0.717, 1.165) is 25.8 Å².